The lowest BCUT2D eigenvalue weighted by atomic mass is 9.89. The molecule has 0 aromatic rings. The molecule has 0 aromatic heterocycles. The van der Waals surface area contributed by atoms with Crippen molar-refractivity contribution in [2.75, 3.05) is 32.8 Å². The van der Waals surface area contributed by atoms with Crippen LogP contribution in [-0.4, -0.2) is 48.3 Å². The first-order valence-corrected chi connectivity index (χ1v) is 8.09. The Morgan fingerprint density at radius 3 is 2.63 bits per heavy atom. The Kier molecular flexibility index (Phi) is 7.33. The van der Waals surface area contributed by atoms with Crippen LogP contribution in [0.4, 0.5) is 0 Å². The minimum atomic E-state index is -0.113. The van der Waals surface area contributed by atoms with Crippen LogP contribution in [0.25, 0.3) is 0 Å². The van der Waals surface area contributed by atoms with Crippen molar-refractivity contribution in [3.05, 3.63) is 0 Å². The molecule has 0 spiro atoms. The first-order chi connectivity index (χ1) is 9.00. The molecule has 0 aromatic carbocycles. The van der Waals surface area contributed by atoms with E-state index in [0.29, 0.717) is 0 Å². The largest absolute Gasteiger partial charge is 0.394 e. The van der Waals surface area contributed by atoms with Gasteiger partial charge in [-0.05, 0) is 70.6 Å². The highest BCUT2D eigenvalue weighted by Gasteiger charge is 2.24. The van der Waals surface area contributed by atoms with Gasteiger partial charge in [0.1, 0.15) is 0 Å². The Bertz CT molecular complexity index is 245. The van der Waals surface area contributed by atoms with Crippen molar-refractivity contribution in [2.45, 2.75) is 58.9 Å². The lowest BCUT2D eigenvalue weighted by molar-refractivity contribution is 0.147. The summed E-state index contributed by atoms with van der Waals surface area (Å²) in [6.45, 7) is 13.7. The molecule has 2 unspecified atom stereocenters. The molecule has 2 N–H and O–H groups in total. The van der Waals surface area contributed by atoms with Crippen LogP contribution in [0.15, 0.2) is 0 Å². The number of likely N-dealkylation sites (tertiary alicyclic amines) is 1. The standard InChI is InChI=1S/C16H34N2O/c1-5-17-16(4,13-19)9-12-18-10-6-7-15(8-11-18)14(2)3/h14-15,17,19H,5-13H2,1-4H3. The van der Waals surface area contributed by atoms with Crippen molar-refractivity contribution in [3.8, 4) is 0 Å². The maximum absolute atomic E-state index is 9.54. The molecule has 19 heavy (non-hydrogen) atoms. The second kappa shape index (κ2) is 8.23. The van der Waals surface area contributed by atoms with Gasteiger partial charge < -0.3 is 15.3 Å². The van der Waals surface area contributed by atoms with Crippen molar-refractivity contribution in [1.82, 2.24) is 10.2 Å². The second-order valence-corrected chi connectivity index (χ2v) is 6.78. The number of rotatable bonds is 7. The summed E-state index contributed by atoms with van der Waals surface area (Å²) in [7, 11) is 0. The summed E-state index contributed by atoms with van der Waals surface area (Å²) in [5, 5.41) is 12.9. The van der Waals surface area contributed by atoms with Gasteiger partial charge in [0.15, 0.2) is 0 Å². The lowest BCUT2D eigenvalue weighted by Crippen LogP contribution is -2.48. The van der Waals surface area contributed by atoms with Crippen molar-refractivity contribution in [2.24, 2.45) is 11.8 Å². The van der Waals surface area contributed by atoms with E-state index in [-0.39, 0.29) is 12.1 Å². The molecule has 1 rings (SSSR count). The van der Waals surface area contributed by atoms with E-state index in [0.717, 1.165) is 31.3 Å². The van der Waals surface area contributed by atoms with E-state index in [1.165, 1.54) is 32.4 Å². The third kappa shape index (κ3) is 5.80. The van der Waals surface area contributed by atoms with Gasteiger partial charge in [0.05, 0.1) is 6.61 Å². The third-order valence-electron chi connectivity index (χ3n) is 4.74. The molecule has 1 aliphatic heterocycles. The maximum Gasteiger partial charge on any atom is 0.0611 e. The molecule has 0 aliphatic carbocycles. The van der Waals surface area contributed by atoms with Crippen molar-refractivity contribution in [3.63, 3.8) is 0 Å². The van der Waals surface area contributed by atoms with Crippen molar-refractivity contribution < 1.29 is 5.11 Å². The van der Waals surface area contributed by atoms with Gasteiger partial charge in [-0.3, -0.25) is 0 Å². The Labute approximate surface area is 119 Å². The topological polar surface area (TPSA) is 35.5 Å². The molecule has 1 saturated heterocycles. The van der Waals surface area contributed by atoms with Crippen LogP contribution < -0.4 is 5.32 Å². The summed E-state index contributed by atoms with van der Waals surface area (Å²) < 4.78 is 0. The Hall–Kier alpha value is -0.120. The third-order valence-corrected chi connectivity index (χ3v) is 4.74. The summed E-state index contributed by atoms with van der Waals surface area (Å²) in [6.07, 6.45) is 5.09. The van der Waals surface area contributed by atoms with Crippen LogP contribution >= 0.6 is 0 Å². The van der Waals surface area contributed by atoms with Crippen LogP contribution in [0.3, 0.4) is 0 Å². The number of aliphatic hydroxyl groups is 1. The lowest BCUT2D eigenvalue weighted by Gasteiger charge is -2.31. The van der Waals surface area contributed by atoms with E-state index in [2.05, 4.69) is 37.9 Å². The molecule has 2 atom stereocenters. The highest BCUT2D eigenvalue weighted by molar-refractivity contribution is 4.83. The zero-order valence-corrected chi connectivity index (χ0v) is 13.4. The molecule has 114 valence electrons. The summed E-state index contributed by atoms with van der Waals surface area (Å²) in [6, 6.07) is 0. The molecule has 3 heteroatoms. The number of nitrogens with zero attached hydrogens (tertiary/aromatic N) is 1. The van der Waals surface area contributed by atoms with Crippen LogP contribution in [0.5, 0.6) is 0 Å². The molecule has 1 fully saturated rings. The number of nitrogens with one attached hydrogen (secondary N) is 1. The monoisotopic (exact) mass is 270 g/mol. The van der Waals surface area contributed by atoms with Crippen LogP contribution in [-0.2, 0) is 0 Å². The first-order valence-electron chi connectivity index (χ1n) is 8.09. The van der Waals surface area contributed by atoms with Gasteiger partial charge in [0.25, 0.3) is 0 Å². The minimum absolute atomic E-state index is 0.113. The van der Waals surface area contributed by atoms with Gasteiger partial charge in [-0.15, -0.1) is 0 Å². The Morgan fingerprint density at radius 2 is 2.05 bits per heavy atom. The fraction of sp³-hybridized carbons (Fsp3) is 1.00. The fourth-order valence-electron chi connectivity index (χ4n) is 3.13. The quantitative estimate of drug-likeness (QED) is 0.746. The number of likely N-dealkylation sites (N-methyl/N-ethyl adjacent to an activating group) is 1. The molecular formula is C16H34N2O. The summed E-state index contributed by atoms with van der Waals surface area (Å²) >= 11 is 0. The molecule has 3 nitrogen and oxygen atoms in total. The van der Waals surface area contributed by atoms with Crippen molar-refractivity contribution in [1.29, 1.82) is 0 Å². The van der Waals surface area contributed by atoms with Gasteiger partial charge in [0.2, 0.25) is 0 Å². The summed E-state index contributed by atoms with van der Waals surface area (Å²) in [5.41, 5.74) is -0.113. The van der Waals surface area contributed by atoms with Gasteiger partial charge in [-0.25, -0.2) is 0 Å². The molecular weight excluding hydrogens is 236 g/mol. The van der Waals surface area contributed by atoms with E-state index in [9.17, 15) is 5.11 Å². The van der Waals surface area contributed by atoms with Crippen LogP contribution in [0.1, 0.15) is 53.4 Å². The molecule has 1 aliphatic rings. The fourth-order valence-corrected chi connectivity index (χ4v) is 3.13. The number of hydrogen-bond acceptors (Lipinski definition) is 3. The van der Waals surface area contributed by atoms with E-state index < -0.39 is 0 Å². The number of aliphatic hydroxyl groups excluding tert-OH is 1. The molecule has 1 heterocycles. The highest BCUT2D eigenvalue weighted by atomic mass is 16.3. The van der Waals surface area contributed by atoms with E-state index in [4.69, 9.17) is 0 Å². The molecule has 0 bridgehead atoms. The normalized spacial score (nSPS) is 25.3. The first kappa shape index (κ1) is 16.9. The second-order valence-electron chi connectivity index (χ2n) is 6.78. The van der Waals surface area contributed by atoms with Gasteiger partial charge in [-0.2, -0.15) is 0 Å². The van der Waals surface area contributed by atoms with E-state index in [1.54, 1.807) is 0 Å². The van der Waals surface area contributed by atoms with Gasteiger partial charge >= 0.3 is 0 Å². The van der Waals surface area contributed by atoms with E-state index >= 15 is 0 Å². The maximum atomic E-state index is 9.54. The average Bonchev–Trinajstić information content (AvgIpc) is 2.62. The van der Waals surface area contributed by atoms with Crippen LogP contribution in [0.2, 0.25) is 0 Å². The molecule has 0 saturated carbocycles. The zero-order chi connectivity index (χ0) is 14.3. The predicted octanol–water partition coefficient (Wildman–Crippen LogP) is 2.50. The minimum Gasteiger partial charge on any atom is -0.394 e. The Morgan fingerprint density at radius 1 is 1.32 bits per heavy atom. The highest BCUT2D eigenvalue weighted by Crippen LogP contribution is 2.25. The van der Waals surface area contributed by atoms with Crippen molar-refractivity contribution >= 4 is 0 Å². The summed E-state index contributed by atoms with van der Waals surface area (Å²) in [5.74, 6) is 1.73. The SMILES string of the molecule is CCNC(C)(CO)CCN1CCCC(C(C)C)CC1. The van der Waals surface area contributed by atoms with Gasteiger partial charge in [0, 0.05) is 5.54 Å². The van der Waals surface area contributed by atoms with Crippen LogP contribution in [0, 0.1) is 11.8 Å². The predicted molar refractivity (Wildman–Crippen MR) is 82.4 cm³/mol. The summed E-state index contributed by atoms with van der Waals surface area (Å²) in [4.78, 5) is 2.59. The van der Waals surface area contributed by atoms with E-state index in [1.807, 2.05) is 0 Å². The average molecular weight is 270 g/mol. The number of hydrogen-bond donors (Lipinski definition) is 2. The Balaban J connectivity index is 2.37. The zero-order valence-electron chi connectivity index (χ0n) is 13.4. The smallest absolute Gasteiger partial charge is 0.0611 e. The van der Waals surface area contributed by atoms with Gasteiger partial charge in [-0.1, -0.05) is 20.8 Å². The molecule has 0 amide bonds. The molecule has 0 radical (unpaired) electrons.